The number of aryl methyl sites for hydroxylation is 1. The van der Waals surface area contributed by atoms with E-state index < -0.39 is 0 Å². The predicted octanol–water partition coefficient (Wildman–Crippen LogP) is 4.75. The minimum atomic E-state index is -0.0873. The normalized spacial score (nSPS) is 13.2. The number of piperazine rings is 1. The second-order valence-electron chi connectivity index (χ2n) is 10.3. The molecule has 1 aliphatic heterocycles. The van der Waals surface area contributed by atoms with E-state index in [-0.39, 0.29) is 12.3 Å². The minimum absolute atomic E-state index is 0.0873. The molecule has 1 aliphatic rings. The van der Waals surface area contributed by atoms with Gasteiger partial charge in [-0.15, -0.1) is 5.10 Å². The Labute approximate surface area is 244 Å². The first kappa shape index (κ1) is 26.9. The molecular weight excluding hydrogens is 528 g/mol. The Morgan fingerprint density at radius 2 is 1.62 bits per heavy atom. The molecule has 2 N–H and O–H groups in total. The number of H-pyrrole nitrogens is 1. The second kappa shape index (κ2) is 12.1. The van der Waals surface area contributed by atoms with Crippen LogP contribution in [0.3, 0.4) is 0 Å². The van der Waals surface area contributed by atoms with Crippen LogP contribution in [0.1, 0.15) is 11.1 Å². The van der Waals surface area contributed by atoms with Crippen LogP contribution in [0, 0.1) is 6.92 Å². The third-order valence-electron chi connectivity index (χ3n) is 7.41. The quantitative estimate of drug-likeness (QED) is 0.280. The highest BCUT2D eigenvalue weighted by molar-refractivity contribution is 5.94. The summed E-state index contributed by atoms with van der Waals surface area (Å²) in [5, 5.41) is 17.6. The third kappa shape index (κ3) is 5.92. The Morgan fingerprint density at radius 3 is 2.36 bits per heavy atom. The number of aromatic amines is 1. The van der Waals surface area contributed by atoms with Crippen LogP contribution in [-0.4, -0.2) is 64.8 Å². The Bertz CT molecular complexity index is 1660. The minimum Gasteiger partial charge on any atom is -0.495 e. The second-order valence-corrected chi connectivity index (χ2v) is 10.3. The number of rotatable bonds is 8. The van der Waals surface area contributed by atoms with Crippen LogP contribution in [0.5, 0.6) is 5.75 Å². The van der Waals surface area contributed by atoms with E-state index in [1.807, 2.05) is 85.8 Å². The Morgan fingerprint density at radius 1 is 0.905 bits per heavy atom. The highest BCUT2D eigenvalue weighted by atomic mass is 16.5. The van der Waals surface area contributed by atoms with Crippen LogP contribution in [0.2, 0.25) is 0 Å². The average Bonchev–Trinajstić information content (AvgIpc) is 3.57. The van der Waals surface area contributed by atoms with E-state index in [2.05, 4.69) is 41.8 Å². The van der Waals surface area contributed by atoms with Crippen molar-refractivity contribution in [3.63, 3.8) is 0 Å². The third-order valence-corrected chi connectivity index (χ3v) is 7.41. The van der Waals surface area contributed by atoms with E-state index in [4.69, 9.17) is 9.72 Å². The monoisotopic (exact) mass is 560 g/mol. The van der Waals surface area contributed by atoms with E-state index in [0.717, 1.165) is 71.4 Å². The van der Waals surface area contributed by atoms with Gasteiger partial charge in [0.15, 0.2) is 5.82 Å². The van der Waals surface area contributed by atoms with Gasteiger partial charge in [-0.1, -0.05) is 66.2 Å². The van der Waals surface area contributed by atoms with Crippen molar-refractivity contribution >= 4 is 23.1 Å². The molecule has 3 heterocycles. The zero-order valence-corrected chi connectivity index (χ0v) is 23.6. The molecule has 10 heteroatoms. The maximum Gasteiger partial charge on any atom is 0.228 e. The molecule has 6 rings (SSSR count). The predicted molar refractivity (Wildman–Crippen MR) is 164 cm³/mol. The van der Waals surface area contributed by atoms with Crippen LogP contribution >= 0.6 is 0 Å². The van der Waals surface area contributed by atoms with Gasteiger partial charge < -0.3 is 19.9 Å². The molecule has 3 aromatic carbocycles. The Balaban J connectivity index is 1.30. The summed E-state index contributed by atoms with van der Waals surface area (Å²) in [5.41, 5.74) is 6.30. The topological polar surface area (TPSA) is 112 Å². The van der Waals surface area contributed by atoms with Gasteiger partial charge in [0.1, 0.15) is 11.6 Å². The van der Waals surface area contributed by atoms with Gasteiger partial charge in [-0.3, -0.25) is 4.79 Å². The number of anilines is 3. The smallest absolute Gasteiger partial charge is 0.228 e. The first-order valence-electron chi connectivity index (χ1n) is 13.9. The lowest BCUT2D eigenvalue weighted by Crippen LogP contribution is -2.47. The maximum atomic E-state index is 13.1. The largest absolute Gasteiger partial charge is 0.495 e. The molecule has 0 aliphatic carbocycles. The molecule has 0 spiro atoms. The number of hydrogen-bond acceptors (Lipinski definition) is 8. The lowest BCUT2D eigenvalue weighted by Gasteiger charge is -2.37. The number of nitrogens with zero attached hydrogens (tertiary/aromatic N) is 6. The van der Waals surface area contributed by atoms with E-state index >= 15 is 0 Å². The molecular formula is C32H32N8O2. The number of tetrazole rings is 1. The molecule has 42 heavy (non-hydrogen) atoms. The van der Waals surface area contributed by atoms with Crippen molar-refractivity contribution in [2.75, 3.05) is 48.4 Å². The summed E-state index contributed by atoms with van der Waals surface area (Å²) in [6, 6.07) is 27.8. The van der Waals surface area contributed by atoms with Crippen molar-refractivity contribution in [3.05, 3.63) is 96.1 Å². The summed E-state index contributed by atoms with van der Waals surface area (Å²) in [4.78, 5) is 22.8. The molecule has 1 saturated heterocycles. The van der Waals surface area contributed by atoms with Crippen LogP contribution in [0.4, 0.5) is 17.2 Å². The van der Waals surface area contributed by atoms with E-state index in [0.29, 0.717) is 11.5 Å². The summed E-state index contributed by atoms with van der Waals surface area (Å²) >= 11 is 0. The highest BCUT2D eigenvalue weighted by Gasteiger charge is 2.22. The van der Waals surface area contributed by atoms with Crippen LogP contribution in [0.25, 0.3) is 22.6 Å². The first-order chi connectivity index (χ1) is 20.6. The number of benzene rings is 3. The molecule has 10 nitrogen and oxygen atoms in total. The van der Waals surface area contributed by atoms with Crippen molar-refractivity contribution in [2.45, 2.75) is 13.3 Å². The van der Waals surface area contributed by atoms with Gasteiger partial charge >= 0.3 is 0 Å². The molecule has 212 valence electrons. The number of amides is 1. The number of pyridine rings is 1. The summed E-state index contributed by atoms with van der Waals surface area (Å²) in [7, 11) is 1.70. The van der Waals surface area contributed by atoms with Crippen LogP contribution in [0.15, 0.2) is 84.9 Å². The van der Waals surface area contributed by atoms with Gasteiger partial charge in [0, 0.05) is 49.1 Å². The summed E-state index contributed by atoms with van der Waals surface area (Å²) in [6.45, 7) is 5.17. The number of nitrogens with one attached hydrogen (secondary N) is 2. The van der Waals surface area contributed by atoms with Gasteiger partial charge in [0.2, 0.25) is 5.91 Å². The summed E-state index contributed by atoms with van der Waals surface area (Å²) < 4.78 is 5.59. The van der Waals surface area contributed by atoms with Crippen molar-refractivity contribution in [1.82, 2.24) is 25.6 Å². The zero-order chi connectivity index (χ0) is 28.9. The molecule has 2 aromatic heterocycles. The Kier molecular flexibility index (Phi) is 7.76. The molecule has 0 saturated carbocycles. The first-order valence-corrected chi connectivity index (χ1v) is 13.9. The number of carbonyl (C=O) groups excluding carboxylic acids is 1. The lowest BCUT2D eigenvalue weighted by atomic mass is 10.0. The molecule has 0 radical (unpaired) electrons. The zero-order valence-electron chi connectivity index (χ0n) is 23.6. The number of para-hydroxylation sites is 2. The van der Waals surface area contributed by atoms with Gasteiger partial charge in [0.05, 0.1) is 24.9 Å². The fourth-order valence-electron chi connectivity index (χ4n) is 5.24. The summed E-state index contributed by atoms with van der Waals surface area (Å²) in [6.07, 6.45) is 0.283. The maximum absolute atomic E-state index is 13.1. The molecule has 1 amide bonds. The molecule has 0 bridgehead atoms. The van der Waals surface area contributed by atoms with Gasteiger partial charge in [-0.2, -0.15) is 0 Å². The fourth-order valence-corrected chi connectivity index (χ4v) is 5.24. The Hall–Kier alpha value is -5.25. The summed E-state index contributed by atoms with van der Waals surface area (Å²) in [5.74, 6) is 2.12. The number of aromatic nitrogens is 5. The van der Waals surface area contributed by atoms with Crippen molar-refractivity contribution in [2.24, 2.45) is 0 Å². The number of ether oxygens (including phenoxy) is 1. The van der Waals surface area contributed by atoms with Gasteiger partial charge in [-0.05, 0) is 41.1 Å². The number of hydrogen-bond donors (Lipinski definition) is 2. The van der Waals surface area contributed by atoms with Gasteiger partial charge in [0.25, 0.3) is 0 Å². The average molecular weight is 561 g/mol. The van der Waals surface area contributed by atoms with Crippen LogP contribution < -0.4 is 19.9 Å². The van der Waals surface area contributed by atoms with E-state index in [9.17, 15) is 4.79 Å². The fraction of sp³-hybridized carbons (Fsp3) is 0.219. The SMILES string of the molecule is COc1ccccc1N1CCN(c2cc(NC(=O)Cc3ccc(C)cc3)cc(-c3ccccc3-c3nnn[nH]3)n2)CC1. The van der Waals surface area contributed by atoms with Crippen molar-refractivity contribution < 1.29 is 9.53 Å². The van der Waals surface area contributed by atoms with Crippen molar-refractivity contribution in [1.29, 1.82) is 0 Å². The highest BCUT2D eigenvalue weighted by Crippen LogP contribution is 2.33. The molecule has 0 atom stereocenters. The number of methoxy groups -OCH3 is 1. The van der Waals surface area contributed by atoms with E-state index in [1.54, 1.807) is 7.11 Å². The number of carbonyl (C=O) groups is 1. The van der Waals surface area contributed by atoms with Gasteiger partial charge in [-0.25, -0.2) is 10.1 Å². The standard InChI is InChI=1S/C32H32N8O2/c1-22-11-13-23(14-12-22)19-31(41)33-24-20-27(25-7-3-4-8-26(25)32-35-37-38-36-32)34-30(21-24)40-17-15-39(16-18-40)28-9-5-6-10-29(28)42-2/h3-14,20-21H,15-19H2,1-2H3,(H,33,34,41)(H,35,36,37,38). The van der Waals surface area contributed by atoms with E-state index in [1.165, 1.54) is 0 Å². The molecule has 5 aromatic rings. The molecule has 0 unspecified atom stereocenters. The van der Waals surface area contributed by atoms with Crippen LogP contribution in [-0.2, 0) is 11.2 Å². The lowest BCUT2D eigenvalue weighted by molar-refractivity contribution is -0.115. The van der Waals surface area contributed by atoms with Crippen molar-refractivity contribution in [3.8, 4) is 28.4 Å². The molecule has 1 fully saturated rings.